The van der Waals surface area contributed by atoms with Crippen molar-refractivity contribution in [3.8, 4) is 0 Å². The zero-order valence-electron chi connectivity index (χ0n) is 10.2. The van der Waals surface area contributed by atoms with Gasteiger partial charge in [0.2, 0.25) is 5.91 Å². The summed E-state index contributed by atoms with van der Waals surface area (Å²) in [5.41, 5.74) is 1.30. The summed E-state index contributed by atoms with van der Waals surface area (Å²) >= 11 is 0. The van der Waals surface area contributed by atoms with Crippen LogP contribution in [0.4, 0.5) is 5.69 Å². The smallest absolute Gasteiger partial charge is 0.227 e. The molecular formula is C12H18N2O2. The zero-order chi connectivity index (χ0) is 12.2. The Morgan fingerprint density at radius 3 is 2.81 bits per heavy atom. The van der Waals surface area contributed by atoms with Crippen LogP contribution in [0.15, 0.2) is 18.5 Å². The van der Waals surface area contributed by atoms with E-state index in [-0.39, 0.29) is 5.91 Å². The van der Waals surface area contributed by atoms with Crippen molar-refractivity contribution < 1.29 is 9.53 Å². The molecule has 0 aromatic carbocycles. The van der Waals surface area contributed by atoms with E-state index in [4.69, 9.17) is 4.74 Å². The molecule has 0 radical (unpaired) electrons. The Labute approximate surface area is 96.0 Å². The first-order valence-corrected chi connectivity index (χ1v) is 5.20. The number of aromatic nitrogens is 1. The van der Waals surface area contributed by atoms with E-state index in [1.807, 2.05) is 26.8 Å². The Bertz CT molecular complexity index is 375. The maximum Gasteiger partial charge on any atom is 0.227 e. The topological polar surface area (TPSA) is 51.2 Å². The van der Waals surface area contributed by atoms with Crippen LogP contribution in [-0.2, 0) is 9.53 Å². The summed E-state index contributed by atoms with van der Waals surface area (Å²) in [6.07, 6.45) is 3.66. The maximum atomic E-state index is 11.7. The second-order valence-corrected chi connectivity index (χ2v) is 4.38. The molecule has 0 unspecified atom stereocenters. The average Bonchev–Trinajstić information content (AvgIpc) is 2.21. The third-order valence-electron chi connectivity index (χ3n) is 2.45. The van der Waals surface area contributed by atoms with E-state index in [9.17, 15) is 4.79 Å². The predicted molar refractivity (Wildman–Crippen MR) is 63.3 cm³/mol. The number of anilines is 1. The van der Waals surface area contributed by atoms with Gasteiger partial charge in [0.15, 0.2) is 0 Å². The summed E-state index contributed by atoms with van der Waals surface area (Å²) in [7, 11) is 1.60. The monoisotopic (exact) mass is 222 g/mol. The van der Waals surface area contributed by atoms with Crippen LogP contribution in [0.5, 0.6) is 0 Å². The van der Waals surface area contributed by atoms with Gasteiger partial charge in [-0.3, -0.25) is 9.78 Å². The van der Waals surface area contributed by atoms with Gasteiger partial charge in [-0.25, -0.2) is 0 Å². The van der Waals surface area contributed by atoms with Gasteiger partial charge in [-0.2, -0.15) is 0 Å². The van der Waals surface area contributed by atoms with Crippen LogP contribution in [0.2, 0.25) is 0 Å². The highest BCUT2D eigenvalue weighted by Crippen LogP contribution is 2.16. The Morgan fingerprint density at radius 2 is 2.25 bits per heavy atom. The summed E-state index contributed by atoms with van der Waals surface area (Å²) in [6.45, 7) is 5.68. The minimum Gasteiger partial charge on any atom is -0.378 e. The van der Waals surface area contributed by atoms with E-state index in [0.717, 1.165) is 11.3 Å². The third kappa shape index (κ3) is 3.62. The molecule has 1 aromatic heterocycles. The highest BCUT2D eigenvalue weighted by molar-refractivity contribution is 5.91. The molecule has 1 rings (SSSR count). The van der Waals surface area contributed by atoms with Gasteiger partial charge in [-0.1, -0.05) is 0 Å². The molecule has 1 amide bonds. The Balaban J connectivity index is 2.62. The summed E-state index contributed by atoms with van der Waals surface area (Å²) in [5.74, 6) is -0.0667. The molecule has 1 N–H and O–H groups in total. The molecule has 0 spiro atoms. The molecule has 4 heteroatoms. The Hall–Kier alpha value is -1.42. The Morgan fingerprint density at radius 1 is 1.56 bits per heavy atom. The molecule has 0 aliphatic carbocycles. The van der Waals surface area contributed by atoms with Crippen molar-refractivity contribution in [2.75, 3.05) is 12.4 Å². The lowest BCUT2D eigenvalue weighted by atomic mass is 10.0. The number of rotatable bonds is 4. The number of methoxy groups -OCH3 is 1. The minimum absolute atomic E-state index is 0.0667. The van der Waals surface area contributed by atoms with E-state index < -0.39 is 5.60 Å². The summed E-state index contributed by atoms with van der Waals surface area (Å²) in [6, 6.07) is 1.86. The minimum atomic E-state index is -0.444. The lowest BCUT2D eigenvalue weighted by molar-refractivity contribution is -0.121. The van der Waals surface area contributed by atoms with Crippen molar-refractivity contribution >= 4 is 11.6 Å². The van der Waals surface area contributed by atoms with Gasteiger partial charge < -0.3 is 10.1 Å². The molecule has 0 atom stereocenters. The molecule has 1 heterocycles. The standard InChI is InChI=1S/C12H18N2O2/c1-9-5-6-13-8-10(9)14-11(15)7-12(2,3)16-4/h5-6,8H,7H2,1-4H3,(H,14,15). The molecular weight excluding hydrogens is 204 g/mol. The zero-order valence-corrected chi connectivity index (χ0v) is 10.2. The van der Waals surface area contributed by atoms with E-state index in [1.165, 1.54) is 0 Å². The van der Waals surface area contributed by atoms with Gasteiger partial charge in [-0.05, 0) is 32.4 Å². The average molecular weight is 222 g/mol. The first-order chi connectivity index (χ1) is 7.44. The predicted octanol–water partition coefficient (Wildman–Crippen LogP) is 2.14. The Kier molecular flexibility index (Phi) is 4.01. The van der Waals surface area contributed by atoms with Gasteiger partial charge in [0, 0.05) is 13.3 Å². The van der Waals surface area contributed by atoms with Gasteiger partial charge in [0.1, 0.15) is 0 Å². The molecule has 4 nitrogen and oxygen atoms in total. The lowest BCUT2D eigenvalue weighted by Gasteiger charge is -2.22. The van der Waals surface area contributed by atoms with Gasteiger partial charge in [0.25, 0.3) is 0 Å². The number of carbonyl (C=O) groups is 1. The molecule has 0 fully saturated rings. The van der Waals surface area contributed by atoms with Crippen LogP contribution in [-0.4, -0.2) is 23.6 Å². The summed E-state index contributed by atoms with van der Waals surface area (Å²) < 4.78 is 5.20. The quantitative estimate of drug-likeness (QED) is 0.849. The van der Waals surface area contributed by atoms with E-state index >= 15 is 0 Å². The second kappa shape index (κ2) is 5.07. The highest BCUT2D eigenvalue weighted by atomic mass is 16.5. The first-order valence-electron chi connectivity index (χ1n) is 5.20. The largest absolute Gasteiger partial charge is 0.378 e. The number of amides is 1. The van der Waals surface area contributed by atoms with Gasteiger partial charge in [0.05, 0.1) is 23.9 Å². The first kappa shape index (κ1) is 12.6. The van der Waals surface area contributed by atoms with Crippen molar-refractivity contribution in [2.45, 2.75) is 32.8 Å². The molecule has 0 saturated carbocycles. The number of nitrogens with one attached hydrogen (secondary N) is 1. The van der Waals surface area contributed by atoms with Crippen molar-refractivity contribution in [3.05, 3.63) is 24.0 Å². The van der Waals surface area contributed by atoms with Gasteiger partial charge in [-0.15, -0.1) is 0 Å². The molecule has 16 heavy (non-hydrogen) atoms. The summed E-state index contributed by atoms with van der Waals surface area (Å²) in [5, 5.41) is 2.82. The lowest BCUT2D eigenvalue weighted by Crippen LogP contribution is -2.29. The fraction of sp³-hybridized carbons (Fsp3) is 0.500. The van der Waals surface area contributed by atoms with Crippen LogP contribution in [0.3, 0.4) is 0 Å². The SMILES string of the molecule is COC(C)(C)CC(=O)Nc1cnccc1C. The van der Waals surface area contributed by atoms with Crippen molar-refractivity contribution in [1.82, 2.24) is 4.98 Å². The molecule has 0 aliphatic heterocycles. The fourth-order valence-corrected chi connectivity index (χ4v) is 1.25. The van der Waals surface area contributed by atoms with Gasteiger partial charge >= 0.3 is 0 Å². The number of nitrogens with zero attached hydrogens (tertiary/aromatic N) is 1. The number of ether oxygens (including phenoxy) is 1. The van der Waals surface area contributed by atoms with Crippen LogP contribution in [0.1, 0.15) is 25.8 Å². The molecule has 88 valence electrons. The molecule has 0 aliphatic rings. The van der Waals surface area contributed by atoms with Crippen molar-refractivity contribution in [3.63, 3.8) is 0 Å². The second-order valence-electron chi connectivity index (χ2n) is 4.38. The van der Waals surface area contributed by atoms with Crippen LogP contribution >= 0.6 is 0 Å². The molecule has 0 bridgehead atoms. The number of carbonyl (C=O) groups excluding carboxylic acids is 1. The third-order valence-corrected chi connectivity index (χ3v) is 2.45. The molecule has 0 saturated heterocycles. The van der Waals surface area contributed by atoms with E-state index in [1.54, 1.807) is 19.5 Å². The number of hydrogen-bond donors (Lipinski definition) is 1. The number of aryl methyl sites for hydroxylation is 1. The van der Waals surface area contributed by atoms with E-state index in [0.29, 0.717) is 6.42 Å². The highest BCUT2D eigenvalue weighted by Gasteiger charge is 2.21. The number of hydrogen-bond acceptors (Lipinski definition) is 3. The van der Waals surface area contributed by atoms with Crippen LogP contribution < -0.4 is 5.32 Å². The van der Waals surface area contributed by atoms with Crippen LogP contribution in [0, 0.1) is 6.92 Å². The normalized spacial score (nSPS) is 11.2. The van der Waals surface area contributed by atoms with Crippen molar-refractivity contribution in [1.29, 1.82) is 0 Å². The maximum absolute atomic E-state index is 11.7. The molecule has 1 aromatic rings. The van der Waals surface area contributed by atoms with Crippen LogP contribution in [0.25, 0.3) is 0 Å². The number of pyridine rings is 1. The fourth-order valence-electron chi connectivity index (χ4n) is 1.25. The van der Waals surface area contributed by atoms with Crippen molar-refractivity contribution in [2.24, 2.45) is 0 Å². The van der Waals surface area contributed by atoms with E-state index in [2.05, 4.69) is 10.3 Å². The summed E-state index contributed by atoms with van der Waals surface area (Å²) in [4.78, 5) is 15.7.